The van der Waals surface area contributed by atoms with E-state index in [4.69, 9.17) is 0 Å². The van der Waals surface area contributed by atoms with Crippen LogP contribution in [-0.4, -0.2) is 22.0 Å². The topological polar surface area (TPSA) is 79.3 Å². The van der Waals surface area contributed by atoms with E-state index in [0.29, 0.717) is 5.56 Å². The van der Waals surface area contributed by atoms with Crippen LogP contribution in [0.2, 0.25) is 0 Å². The fourth-order valence-corrected chi connectivity index (χ4v) is 2.49. The molecule has 120 valence electrons. The Morgan fingerprint density at radius 2 is 1.87 bits per heavy atom. The van der Waals surface area contributed by atoms with Gasteiger partial charge in [-0.1, -0.05) is 43.3 Å². The van der Waals surface area contributed by atoms with Crippen LogP contribution in [0.15, 0.2) is 48.7 Å². The van der Waals surface area contributed by atoms with Gasteiger partial charge in [-0.05, 0) is 30.5 Å². The number of nitrogens with one attached hydrogen (secondary N) is 1. The molecule has 0 aliphatic heterocycles. The summed E-state index contributed by atoms with van der Waals surface area (Å²) in [6.45, 7) is 3.61. The molecule has 0 saturated carbocycles. The maximum atomic E-state index is 12.3. The van der Waals surface area contributed by atoms with E-state index < -0.39 is 11.5 Å². The van der Waals surface area contributed by atoms with Gasteiger partial charge in [0.15, 0.2) is 5.54 Å². The highest BCUT2D eigenvalue weighted by Gasteiger charge is 2.40. The number of carbonyl (C=O) groups excluding carboxylic acids is 1. The van der Waals surface area contributed by atoms with Crippen molar-refractivity contribution in [2.45, 2.75) is 32.2 Å². The molecule has 1 aromatic carbocycles. The summed E-state index contributed by atoms with van der Waals surface area (Å²) in [4.78, 5) is 28.4. The third-order valence-electron chi connectivity index (χ3n) is 3.85. The Morgan fingerprint density at radius 3 is 2.39 bits per heavy atom. The highest BCUT2D eigenvalue weighted by Crippen LogP contribution is 2.25. The second-order valence-corrected chi connectivity index (χ2v) is 5.46. The Balaban J connectivity index is 2.22. The molecule has 23 heavy (non-hydrogen) atoms. The maximum absolute atomic E-state index is 12.3. The van der Waals surface area contributed by atoms with Gasteiger partial charge < -0.3 is 10.4 Å². The van der Waals surface area contributed by atoms with Crippen LogP contribution in [0.1, 0.15) is 30.2 Å². The van der Waals surface area contributed by atoms with Crippen molar-refractivity contribution < 1.29 is 14.7 Å². The lowest BCUT2D eigenvalue weighted by Gasteiger charge is -2.30. The predicted molar refractivity (Wildman–Crippen MR) is 86.9 cm³/mol. The van der Waals surface area contributed by atoms with E-state index >= 15 is 0 Å². The van der Waals surface area contributed by atoms with Crippen LogP contribution in [0.3, 0.4) is 0 Å². The molecule has 2 aromatic rings. The molecule has 5 heteroatoms. The second kappa shape index (κ2) is 7.05. The van der Waals surface area contributed by atoms with Gasteiger partial charge >= 0.3 is 5.97 Å². The van der Waals surface area contributed by atoms with E-state index in [0.717, 1.165) is 11.3 Å². The summed E-state index contributed by atoms with van der Waals surface area (Å²) in [6.07, 6.45) is 1.98. The van der Waals surface area contributed by atoms with E-state index in [1.165, 1.54) is 0 Å². The van der Waals surface area contributed by atoms with Gasteiger partial charge in [-0.25, -0.2) is 4.79 Å². The molecule has 1 heterocycles. The number of carboxylic acids is 1. The molecule has 0 spiro atoms. The van der Waals surface area contributed by atoms with Gasteiger partial charge in [-0.15, -0.1) is 0 Å². The number of aromatic nitrogens is 1. The summed E-state index contributed by atoms with van der Waals surface area (Å²) >= 11 is 0. The average Bonchev–Trinajstić information content (AvgIpc) is 2.55. The molecule has 2 N–H and O–H groups in total. The molecule has 1 unspecified atom stereocenters. The van der Waals surface area contributed by atoms with Gasteiger partial charge in [-0.2, -0.15) is 0 Å². The maximum Gasteiger partial charge on any atom is 0.334 e. The van der Waals surface area contributed by atoms with Gasteiger partial charge in [0.2, 0.25) is 5.91 Å². The number of benzene rings is 1. The summed E-state index contributed by atoms with van der Waals surface area (Å²) < 4.78 is 0. The molecule has 1 aromatic heterocycles. The molecule has 1 amide bonds. The predicted octanol–water partition coefficient (Wildman–Crippen LogP) is 2.44. The Labute approximate surface area is 135 Å². The van der Waals surface area contributed by atoms with E-state index in [1.807, 2.05) is 25.1 Å². The Kier molecular flexibility index (Phi) is 5.11. The Bertz CT molecular complexity index is 683. The van der Waals surface area contributed by atoms with Crippen LogP contribution in [0, 0.1) is 6.92 Å². The molecule has 0 aliphatic rings. The van der Waals surface area contributed by atoms with Crippen LogP contribution in [0.4, 0.5) is 0 Å². The van der Waals surface area contributed by atoms with Crippen LogP contribution in [0.5, 0.6) is 0 Å². The van der Waals surface area contributed by atoms with Crippen molar-refractivity contribution in [2.24, 2.45) is 0 Å². The fraction of sp³-hybridized carbons (Fsp3) is 0.278. The van der Waals surface area contributed by atoms with Crippen molar-refractivity contribution >= 4 is 11.9 Å². The monoisotopic (exact) mass is 312 g/mol. The lowest BCUT2D eigenvalue weighted by Crippen LogP contribution is -2.52. The average molecular weight is 312 g/mol. The molecule has 0 radical (unpaired) electrons. The van der Waals surface area contributed by atoms with Crippen molar-refractivity contribution in [3.05, 3.63) is 65.5 Å². The zero-order valence-corrected chi connectivity index (χ0v) is 13.2. The van der Waals surface area contributed by atoms with Crippen LogP contribution >= 0.6 is 0 Å². The van der Waals surface area contributed by atoms with Gasteiger partial charge in [0, 0.05) is 11.9 Å². The summed E-state index contributed by atoms with van der Waals surface area (Å²) in [5.74, 6) is -1.41. The van der Waals surface area contributed by atoms with E-state index in [2.05, 4.69) is 10.3 Å². The van der Waals surface area contributed by atoms with Crippen molar-refractivity contribution in [3.8, 4) is 0 Å². The smallest absolute Gasteiger partial charge is 0.334 e. The molecule has 0 aliphatic carbocycles. The van der Waals surface area contributed by atoms with Crippen molar-refractivity contribution in [2.75, 3.05) is 0 Å². The summed E-state index contributed by atoms with van der Waals surface area (Å²) in [5, 5.41) is 12.4. The van der Waals surface area contributed by atoms with Crippen molar-refractivity contribution in [1.82, 2.24) is 10.3 Å². The third kappa shape index (κ3) is 3.74. The number of nitrogens with zero attached hydrogens (tertiary/aromatic N) is 1. The lowest BCUT2D eigenvalue weighted by atomic mass is 9.87. The minimum Gasteiger partial charge on any atom is -0.479 e. The lowest BCUT2D eigenvalue weighted by molar-refractivity contribution is -0.148. The molecule has 1 atom stereocenters. The number of amides is 1. The number of pyridine rings is 1. The molecular formula is C18H20N2O3. The number of aryl methyl sites for hydroxylation is 1. The van der Waals surface area contributed by atoms with Crippen molar-refractivity contribution in [1.29, 1.82) is 0 Å². The molecule has 2 rings (SSSR count). The van der Waals surface area contributed by atoms with Crippen LogP contribution < -0.4 is 5.32 Å². The standard InChI is InChI=1S/C18H20N2O3/c1-3-18(17(22)23,15-7-5-4-6-8-15)20-16(21)11-14-10-9-13(2)19-12-14/h4-10,12H,3,11H2,1-2H3,(H,20,21)(H,22,23). The number of aliphatic carboxylic acids is 1. The van der Waals surface area contributed by atoms with Crippen LogP contribution in [-0.2, 0) is 21.5 Å². The zero-order chi connectivity index (χ0) is 16.9. The van der Waals surface area contributed by atoms with Gasteiger partial charge in [0.05, 0.1) is 6.42 Å². The molecule has 5 nitrogen and oxygen atoms in total. The highest BCUT2D eigenvalue weighted by atomic mass is 16.4. The first-order valence-electron chi connectivity index (χ1n) is 7.49. The first kappa shape index (κ1) is 16.7. The van der Waals surface area contributed by atoms with E-state index in [1.54, 1.807) is 37.4 Å². The minimum atomic E-state index is -1.42. The number of carbonyl (C=O) groups is 2. The number of hydrogen-bond donors (Lipinski definition) is 2. The number of carboxylic acid groups (broad SMARTS) is 1. The van der Waals surface area contributed by atoms with Crippen molar-refractivity contribution in [3.63, 3.8) is 0 Å². The van der Waals surface area contributed by atoms with Crippen LogP contribution in [0.25, 0.3) is 0 Å². The first-order valence-corrected chi connectivity index (χ1v) is 7.49. The molecule has 0 bridgehead atoms. The fourth-order valence-electron chi connectivity index (χ4n) is 2.49. The van der Waals surface area contributed by atoms with E-state index in [-0.39, 0.29) is 18.7 Å². The summed E-state index contributed by atoms with van der Waals surface area (Å²) in [5.41, 5.74) is 0.755. The van der Waals surface area contributed by atoms with E-state index in [9.17, 15) is 14.7 Å². The summed E-state index contributed by atoms with van der Waals surface area (Å²) in [7, 11) is 0. The molecule has 0 fully saturated rings. The van der Waals surface area contributed by atoms with Gasteiger partial charge in [0.1, 0.15) is 0 Å². The number of hydrogen-bond acceptors (Lipinski definition) is 3. The first-order chi connectivity index (χ1) is 11.0. The highest BCUT2D eigenvalue weighted by molar-refractivity contribution is 5.89. The quantitative estimate of drug-likeness (QED) is 0.858. The normalized spacial score (nSPS) is 13.1. The third-order valence-corrected chi connectivity index (χ3v) is 3.85. The van der Waals surface area contributed by atoms with Gasteiger partial charge in [0.25, 0.3) is 0 Å². The Hall–Kier alpha value is -2.69. The molecular weight excluding hydrogens is 292 g/mol. The Morgan fingerprint density at radius 1 is 1.17 bits per heavy atom. The minimum absolute atomic E-state index is 0.0924. The number of rotatable bonds is 6. The van der Waals surface area contributed by atoms with Gasteiger partial charge in [-0.3, -0.25) is 9.78 Å². The largest absolute Gasteiger partial charge is 0.479 e. The molecule has 0 saturated heterocycles. The zero-order valence-electron chi connectivity index (χ0n) is 13.2. The second-order valence-electron chi connectivity index (χ2n) is 5.46. The SMILES string of the molecule is CCC(NC(=O)Cc1ccc(C)nc1)(C(=O)O)c1ccccc1. The summed E-state index contributed by atoms with van der Waals surface area (Å²) in [6, 6.07) is 12.4.